The van der Waals surface area contributed by atoms with Crippen LogP contribution in [-0.4, -0.2) is 49.2 Å². The van der Waals surface area contributed by atoms with Crippen LogP contribution in [0, 0.1) is 5.92 Å². The molecule has 9 heteroatoms. The third-order valence-corrected chi connectivity index (χ3v) is 4.33. The molecule has 0 saturated heterocycles. The number of hydrogen-bond donors (Lipinski definition) is 4. The molecule has 0 spiro atoms. The molecule has 0 bridgehead atoms. The summed E-state index contributed by atoms with van der Waals surface area (Å²) >= 11 is 0. The van der Waals surface area contributed by atoms with Crippen LogP contribution in [0.15, 0.2) is 36.9 Å². The van der Waals surface area contributed by atoms with E-state index in [1.54, 1.807) is 35.1 Å². The first kappa shape index (κ1) is 19.6. The largest absolute Gasteiger partial charge is 0.394 e. The van der Waals surface area contributed by atoms with Crippen molar-refractivity contribution in [2.45, 2.75) is 32.9 Å². The van der Waals surface area contributed by atoms with Crippen LogP contribution in [0.1, 0.15) is 46.7 Å². The molecule has 0 saturated carbocycles. The van der Waals surface area contributed by atoms with Gasteiger partial charge in [0.1, 0.15) is 11.3 Å². The summed E-state index contributed by atoms with van der Waals surface area (Å²) in [4.78, 5) is 29.4. The van der Waals surface area contributed by atoms with Crippen molar-refractivity contribution in [3.63, 3.8) is 0 Å². The highest BCUT2D eigenvalue weighted by Gasteiger charge is 2.20. The summed E-state index contributed by atoms with van der Waals surface area (Å²) in [5.41, 5.74) is 1.92. The Bertz CT molecular complexity index is 948. The topological polar surface area (TPSA) is 124 Å². The third kappa shape index (κ3) is 4.37. The molecule has 3 aromatic rings. The Balaban J connectivity index is 1.78. The van der Waals surface area contributed by atoms with E-state index in [1.807, 2.05) is 13.8 Å². The Morgan fingerprint density at radius 3 is 2.79 bits per heavy atom. The van der Waals surface area contributed by atoms with E-state index in [0.717, 1.165) is 5.56 Å². The van der Waals surface area contributed by atoms with Gasteiger partial charge in [-0.3, -0.25) is 19.1 Å². The minimum Gasteiger partial charge on any atom is -0.394 e. The smallest absolute Gasteiger partial charge is 0.270 e. The zero-order chi connectivity index (χ0) is 20.1. The van der Waals surface area contributed by atoms with Crippen molar-refractivity contribution in [3.05, 3.63) is 53.7 Å². The number of fused-ring (bicyclic) bond motifs is 1. The fourth-order valence-electron chi connectivity index (χ4n) is 3.02. The van der Waals surface area contributed by atoms with E-state index in [4.69, 9.17) is 0 Å². The van der Waals surface area contributed by atoms with Crippen LogP contribution < -0.4 is 10.6 Å². The van der Waals surface area contributed by atoms with Gasteiger partial charge in [0.2, 0.25) is 0 Å². The lowest BCUT2D eigenvalue weighted by Gasteiger charge is -2.18. The number of nitrogens with zero attached hydrogens (tertiary/aromatic N) is 3. The average molecular weight is 384 g/mol. The second-order valence-corrected chi connectivity index (χ2v) is 7.03. The Morgan fingerprint density at radius 2 is 2.11 bits per heavy atom. The number of pyridine rings is 1. The molecule has 3 heterocycles. The van der Waals surface area contributed by atoms with E-state index in [0.29, 0.717) is 35.8 Å². The first-order valence-electron chi connectivity index (χ1n) is 9.13. The van der Waals surface area contributed by atoms with E-state index >= 15 is 0 Å². The Labute approximate surface area is 162 Å². The molecule has 0 unspecified atom stereocenters. The summed E-state index contributed by atoms with van der Waals surface area (Å²) in [6, 6.07) is 3.01. The van der Waals surface area contributed by atoms with Gasteiger partial charge in [-0.15, -0.1) is 0 Å². The minimum atomic E-state index is -0.344. The van der Waals surface area contributed by atoms with Crippen molar-refractivity contribution >= 4 is 17.5 Å². The van der Waals surface area contributed by atoms with Crippen molar-refractivity contribution < 1.29 is 14.7 Å². The molecule has 28 heavy (non-hydrogen) atoms. The molecule has 0 fully saturated rings. The molecule has 0 aromatic carbocycles. The molecule has 3 aromatic heterocycles. The van der Waals surface area contributed by atoms with Gasteiger partial charge in [-0.1, -0.05) is 13.8 Å². The maximum absolute atomic E-state index is 12.6. The van der Waals surface area contributed by atoms with E-state index in [2.05, 4.69) is 25.8 Å². The number of nitrogens with one attached hydrogen (secondary N) is 3. The van der Waals surface area contributed by atoms with Gasteiger partial charge in [-0.2, -0.15) is 5.10 Å². The molecule has 148 valence electrons. The number of carbonyl (C=O) groups excluding carboxylic acids is 2. The Morgan fingerprint density at radius 1 is 1.29 bits per heavy atom. The quantitative estimate of drug-likeness (QED) is 0.463. The van der Waals surface area contributed by atoms with Gasteiger partial charge in [-0.05, 0) is 24.5 Å². The number of aliphatic hydroxyl groups excluding tert-OH is 1. The van der Waals surface area contributed by atoms with Gasteiger partial charge in [0, 0.05) is 24.5 Å². The minimum absolute atomic E-state index is 0.137. The summed E-state index contributed by atoms with van der Waals surface area (Å²) in [6.45, 7) is 4.25. The van der Waals surface area contributed by atoms with Crippen molar-refractivity contribution in [2.24, 2.45) is 5.92 Å². The van der Waals surface area contributed by atoms with E-state index in [9.17, 15) is 14.7 Å². The van der Waals surface area contributed by atoms with Crippen molar-refractivity contribution in [2.75, 3.05) is 6.61 Å². The molecule has 2 amide bonds. The highest BCUT2D eigenvalue weighted by molar-refractivity contribution is 6.01. The molecule has 4 N–H and O–H groups in total. The molecule has 3 rings (SSSR count). The summed E-state index contributed by atoms with van der Waals surface area (Å²) in [5, 5.41) is 21.7. The maximum Gasteiger partial charge on any atom is 0.270 e. The van der Waals surface area contributed by atoms with Crippen LogP contribution in [0.25, 0.3) is 5.65 Å². The molecule has 0 radical (unpaired) electrons. The number of carbonyl (C=O) groups is 2. The number of aromatic nitrogens is 4. The summed E-state index contributed by atoms with van der Waals surface area (Å²) in [5.74, 6) is -0.300. The number of aromatic amines is 1. The van der Waals surface area contributed by atoms with Gasteiger partial charge in [0.25, 0.3) is 11.8 Å². The highest BCUT2D eigenvalue weighted by atomic mass is 16.3. The fourth-order valence-corrected chi connectivity index (χ4v) is 3.02. The summed E-state index contributed by atoms with van der Waals surface area (Å²) < 4.78 is 1.58. The van der Waals surface area contributed by atoms with Gasteiger partial charge in [0.15, 0.2) is 0 Å². The van der Waals surface area contributed by atoms with Crippen molar-refractivity contribution in [1.82, 2.24) is 30.2 Å². The lowest BCUT2D eigenvalue weighted by molar-refractivity contribution is 0.0900. The van der Waals surface area contributed by atoms with Crippen molar-refractivity contribution in [1.29, 1.82) is 0 Å². The predicted octanol–water partition coefficient (Wildman–Crippen LogP) is 1.12. The van der Waals surface area contributed by atoms with E-state index in [-0.39, 0.29) is 24.5 Å². The molecular weight excluding hydrogens is 360 g/mol. The first-order chi connectivity index (χ1) is 13.5. The zero-order valence-corrected chi connectivity index (χ0v) is 15.8. The third-order valence-electron chi connectivity index (χ3n) is 4.33. The number of aliphatic hydroxyl groups is 1. The number of imidazole rings is 1. The number of hydrogen-bond acceptors (Lipinski definition) is 5. The number of amides is 2. The second kappa shape index (κ2) is 8.66. The van der Waals surface area contributed by atoms with Crippen molar-refractivity contribution in [3.8, 4) is 0 Å². The van der Waals surface area contributed by atoms with Gasteiger partial charge in [0.05, 0.1) is 30.6 Å². The van der Waals surface area contributed by atoms with Crippen LogP contribution in [0.4, 0.5) is 0 Å². The van der Waals surface area contributed by atoms with E-state index < -0.39 is 0 Å². The fraction of sp³-hybridized carbons (Fsp3) is 0.368. The lowest BCUT2D eigenvalue weighted by Crippen LogP contribution is -2.38. The molecular formula is C19H24N6O3. The molecule has 1 atom stereocenters. The second-order valence-electron chi connectivity index (χ2n) is 7.03. The van der Waals surface area contributed by atoms with Crippen LogP contribution in [-0.2, 0) is 6.54 Å². The van der Waals surface area contributed by atoms with Crippen LogP contribution in [0.5, 0.6) is 0 Å². The Hall–Kier alpha value is -3.20. The molecule has 0 aliphatic carbocycles. The molecule has 9 nitrogen and oxygen atoms in total. The predicted molar refractivity (Wildman–Crippen MR) is 103 cm³/mol. The maximum atomic E-state index is 12.6. The first-order valence-corrected chi connectivity index (χ1v) is 9.13. The molecule has 0 aliphatic rings. The Kier molecular flexibility index (Phi) is 6.05. The van der Waals surface area contributed by atoms with Gasteiger partial charge < -0.3 is 15.7 Å². The van der Waals surface area contributed by atoms with Crippen LogP contribution in [0.3, 0.4) is 0 Å². The normalized spacial score (nSPS) is 12.3. The zero-order valence-electron chi connectivity index (χ0n) is 15.8. The van der Waals surface area contributed by atoms with Gasteiger partial charge in [-0.25, -0.2) is 4.98 Å². The average Bonchev–Trinajstić information content (AvgIpc) is 3.34. The number of rotatable bonds is 8. The lowest BCUT2D eigenvalue weighted by atomic mass is 10.0. The van der Waals surface area contributed by atoms with Crippen LogP contribution in [0.2, 0.25) is 0 Å². The SMILES string of the molecule is CC(C)C[C@@H](CO)NC(=O)c1cnc2c(C(=O)NCc3cn[nH]c3)cccn12. The summed E-state index contributed by atoms with van der Waals surface area (Å²) in [7, 11) is 0. The van der Waals surface area contributed by atoms with E-state index in [1.165, 1.54) is 6.20 Å². The standard InChI is InChI=1S/C19H24N6O3/c1-12(2)6-14(11-26)24-19(28)16-10-20-17-15(4-3-5-25(16)17)18(27)21-7-13-8-22-23-9-13/h3-5,8-10,12,14,26H,6-7,11H2,1-2H3,(H,21,27)(H,22,23)(H,24,28)/t14-/m0/s1. The highest BCUT2D eigenvalue weighted by Crippen LogP contribution is 2.13. The number of H-pyrrole nitrogens is 1. The molecule has 0 aliphatic heterocycles. The monoisotopic (exact) mass is 384 g/mol. The summed E-state index contributed by atoms with van der Waals surface area (Å²) in [6.07, 6.45) is 7.11. The van der Waals surface area contributed by atoms with Crippen LogP contribution >= 0.6 is 0 Å². The van der Waals surface area contributed by atoms with Gasteiger partial charge >= 0.3 is 0 Å².